The minimum atomic E-state index is 0.181. The predicted molar refractivity (Wildman–Crippen MR) is 65.7 cm³/mol. The van der Waals surface area contributed by atoms with Crippen molar-refractivity contribution in [3.63, 3.8) is 0 Å². The molecule has 0 aliphatic heterocycles. The van der Waals surface area contributed by atoms with Crippen LogP contribution in [0.2, 0.25) is 5.02 Å². The lowest BCUT2D eigenvalue weighted by molar-refractivity contribution is 0.106. The van der Waals surface area contributed by atoms with Gasteiger partial charge in [-0.15, -0.1) is 0 Å². The average molecular weight is 228 g/mol. The van der Waals surface area contributed by atoms with Crippen molar-refractivity contribution in [2.75, 3.05) is 12.4 Å². The van der Waals surface area contributed by atoms with Crippen molar-refractivity contribution in [2.24, 2.45) is 0 Å². The lowest BCUT2D eigenvalue weighted by Crippen LogP contribution is -2.29. The highest BCUT2D eigenvalue weighted by Gasteiger charge is 2.11. The molecule has 0 spiro atoms. The van der Waals surface area contributed by atoms with Crippen LogP contribution >= 0.6 is 11.6 Å². The third kappa shape index (κ3) is 3.40. The largest absolute Gasteiger partial charge is 0.380 e. The number of hydrogen-bond acceptors (Lipinski definition) is 2. The zero-order valence-corrected chi connectivity index (χ0v) is 10.4. The van der Waals surface area contributed by atoms with Gasteiger partial charge in [-0.2, -0.15) is 0 Å². The summed E-state index contributed by atoms with van der Waals surface area (Å²) in [4.78, 5) is 0. The first-order valence-electron chi connectivity index (χ1n) is 5.10. The fraction of sp³-hybridized carbons (Fsp3) is 0.500. The number of methoxy groups -OCH3 is 1. The van der Waals surface area contributed by atoms with Gasteiger partial charge in [0.2, 0.25) is 0 Å². The Labute approximate surface area is 96.6 Å². The van der Waals surface area contributed by atoms with Crippen LogP contribution in [0.25, 0.3) is 0 Å². The summed E-state index contributed by atoms with van der Waals surface area (Å²) in [5, 5.41) is 4.17. The predicted octanol–water partition coefficient (Wildman–Crippen LogP) is 3.48. The zero-order chi connectivity index (χ0) is 11.4. The maximum atomic E-state index is 5.89. The van der Waals surface area contributed by atoms with Crippen LogP contribution in [0.15, 0.2) is 18.2 Å². The molecule has 3 heteroatoms. The minimum Gasteiger partial charge on any atom is -0.380 e. The van der Waals surface area contributed by atoms with Crippen molar-refractivity contribution in [3.8, 4) is 0 Å². The van der Waals surface area contributed by atoms with Gasteiger partial charge in [0.05, 0.1) is 6.10 Å². The van der Waals surface area contributed by atoms with Crippen LogP contribution in [-0.2, 0) is 4.74 Å². The summed E-state index contributed by atoms with van der Waals surface area (Å²) in [5.74, 6) is 0. The van der Waals surface area contributed by atoms with E-state index in [1.807, 2.05) is 32.0 Å². The number of rotatable bonds is 4. The van der Waals surface area contributed by atoms with Crippen molar-refractivity contribution in [3.05, 3.63) is 28.8 Å². The normalized spacial score (nSPS) is 14.7. The summed E-state index contributed by atoms with van der Waals surface area (Å²) in [5.41, 5.74) is 2.26. The van der Waals surface area contributed by atoms with Crippen molar-refractivity contribution in [2.45, 2.75) is 32.9 Å². The number of ether oxygens (including phenoxy) is 1. The number of hydrogen-bond donors (Lipinski definition) is 1. The molecule has 2 nitrogen and oxygen atoms in total. The van der Waals surface area contributed by atoms with Crippen LogP contribution in [0.1, 0.15) is 19.4 Å². The van der Waals surface area contributed by atoms with E-state index in [2.05, 4.69) is 12.2 Å². The summed E-state index contributed by atoms with van der Waals surface area (Å²) >= 11 is 5.89. The molecule has 0 saturated carbocycles. The Morgan fingerprint density at radius 1 is 1.33 bits per heavy atom. The van der Waals surface area contributed by atoms with E-state index < -0.39 is 0 Å². The Morgan fingerprint density at radius 2 is 2.00 bits per heavy atom. The van der Waals surface area contributed by atoms with Crippen molar-refractivity contribution in [1.29, 1.82) is 0 Å². The van der Waals surface area contributed by atoms with Gasteiger partial charge >= 0.3 is 0 Å². The van der Waals surface area contributed by atoms with Gasteiger partial charge in [0, 0.05) is 23.9 Å². The minimum absolute atomic E-state index is 0.181. The molecule has 2 unspecified atom stereocenters. The lowest BCUT2D eigenvalue weighted by atomic mass is 10.1. The highest BCUT2D eigenvalue weighted by Crippen LogP contribution is 2.20. The van der Waals surface area contributed by atoms with Crippen LogP contribution in [0.5, 0.6) is 0 Å². The molecule has 1 rings (SSSR count). The Bertz CT molecular complexity index is 327. The highest BCUT2D eigenvalue weighted by atomic mass is 35.5. The fourth-order valence-corrected chi connectivity index (χ4v) is 1.58. The Morgan fingerprint density at radius 3 is 2.53 bits per heavy atom. The first-order chi connectivity index (χ1) is 7.04. The molecular weight excluding hydrogens is 210 g/mol. The molecule has 0 radical (unpaired) electrons. The molecule has 0 aromatic heterocycles. The molecule has 0 aliphatic carbocycles. The molecular formula is C12H18ClNO. The van der Waals surface area contributed by atoms with Crippen molar-refractivity contribution < 1.29 is 4.74 Å². The fourth-order valence-electron chi connectivity index (χ4n) is 1.36. The average Bonchev–Trinajstić information content (AvgIpc) is 2.20. The quantitative estimate of drug-likeness (QED) is 0.851. The molecule has 84 valence electrons. The Kier molecular flexibility index (Phi) is 4.43. The highest BCUT2D eigenvalue weighted by molar-refractivity contribution is 6.30. The van der Waals surface area contributed by atoms with E-state index in [4.69, 9.17) is 16.3 Å². The molecule has 0 aliphatic rings. The number of aryl methyl sites for hydroxylation is 1. The van der Waals surface area contributed by atoms with Crippen LogP contribution in [0, 0.1) is 6.92 Å². The van der Waals surface area contributed by atoms with E-state index in [1.54, 1.807) is 7.11 Å². The molecule has 0 amide bonds. The van der Waals surface area contributed by atoms with Crippen LogP contribution in [0.4, 0.5) is 5.69 Å². The molecule has 0 saturated heterocycles. The molecule has 1 aromatic carbocycles. The van der Waals surface area contributed by atoms with E-state index >= 15 is 0 Å². The number of nitrogens with one attached hydrogen (secondary N) is 1. The maximum Gasteiger partial charge on any atom is 0.0741 e. The smallest absolute Gasteiger partial charge is 0.0741 e. The maximum absolute atomic E-state index is 5.89. The summed E-state index contributed by atoms with van der Waals surface area (Å²) in [6.07, 6.45) is 0.181. The number of benzene rings is 1. The van der Waals surface area contributed by atoms with E-state index in [9.17, 15) is 0 Å². The van der Waals surface area contributed by atoms with Gasteiger partial charge in [-0.25, -0.2) is 0 Å². The standard InChI is InChI=1S/C12H18ClNO/c1-8-7-11(13)5-6-12(8)14-9(2)10(3)15-4/h5-7,9-10,14H,1-4H3. The second kappa shape index (κ2) is 5.38. The Balaban J connectivity index is 2.72. The monoisotopic (exact) mass is 227 g/mol. The number of halogens is 1. The molecule has 0 fully saturated rings. The van der Waals surface area contributed by atoms with E-state index in [0.717, 1.165) is 16.3 Å². The molecule has 0 heterocycles. The molecule has 0 bridgehead atoms. The van der Waals surface area contributed by atoms with Gasteiger partial charge in [-0.1, -0.05) is 11.6 Å². The summed E-state index contributed by atoms with van der Waals surface area (Å²) in [7, 11) is 1.72. The topological polar surface area (TPSA) is 21.3 Å². The van der Waals surface area contributed by atoms with E-state index in [1.165, 1.54) is 0 Å². The van der Waals surface area contributed by atoms with Crippen molar-refractivity contribution >= 4 is 17.3 Å². The van der Waals surface area contributed by atoms with E-state index in [-0.39, 0.29) is 12.1 Å². The lowest BCUT2D eigenvalue weighted by Gasteiger charge is -2.22. The molecule has 1 N–H and O–H groups in total. The number of anilines is 1. The second-order valence-corrected chi connectivity index (χ2v) is 4.27. The summed E-state index contributed by atoms with van der Waals surface area (Å²) < 4.78 is 5.26. The van der Waals surface area contributed by atoms with Crippen LogP contribution in [0.3, 0.4) is 0 Å². The first-order valence-corrected chi connectivity index (χ1v) is 5.48. The van der Waals surface area contributed by atoms with Gasteiger partial charge in [-0.05, 0) is 44.5 Å². The third-order valence-corrected chi connectivity index (χ3v) is 2.88. The zero-order valence-electron chi connectivity index (χ0n) is 9.67. The summed E-state index contributed by atoms with van der Waals surface area (Å²) in [6, 6.07) is 6.11. The van der Waals surface area contributed by atoms with Gasteiger partial charge in [0.15, 0.2) is 0 Å². The van der Waals surface area contributed by atoms with Crippen LogP contribution in [-0.4, -0.2) is 19.3 Å². The molecule has 15 heavy (non-hydrogen) atoms. The van der Waals surface area contributed by atoms with Gasteiger partial charge in [-0.3, -0.25) is 0 Å². The third-order valence-electron chi connectivity index (χ3n) is 2.65. The first kappa shape index (κ1) is 12.3. The van der Waals surface area contributed by atoms with E-state index in [0.29, 0.717) is 0 Å². The van der Waals surface area contributed by atoms with Gasteiger partial charge in [0.1, 0.15) is 0 Å². The molecule has 2 atom stereocenters. The van der Waals surface area contributed by atoms with Gasteiger partial charge < -0.3 is 10.1 Å². The SMILES string of the molecule is COC(C)C(C)Nc1ccc(Cl)cc1C. The summed E-state index contributed by atoms with van der Waals surface area (Å²) in [6.45, 7) is 6.18. The molecule has 1 aromatic rings. The second-order valence-electron chi connectivity index (χ2n) is 3.83. The van der Waals surface area contributed by atoms with Gasteiger partial charge in [0.25, 0.3) is 0 Å². The van der Waals surface area contributed by atoms with Crippen molar-refractivity contribution in [1.82, 2.24) is 0 Å². The van der Waals surface area contributed by atoms with Crippen LogP contribution < -0.4 is 5.32 Å². The Hall–Kier alpha value is -0.730.